The van der Waals surface area contributed by atoms with Crippen molar-refractivity contribution in [2.24, 2.45) is 0 Å². The summed E-state index contributed by atoms with van der Waals surface area (Å²) in [4.78, 5) is 0. The predicted octanol–water partition coefficient (Wildman–Crippen LogP) is 3.78. The number of alkyl halides is 3. The van der Waals surface area contributed by atoms with Crippen molar-refractivity contribution in [2.45, 2.75) is 38.4 Å². The molecular weight excluding hydrogens is 243 g/mol. The maximum Gasteiger partial charge on any atom is 0.389 e. The first-order chi connectivity index (χ1) is 8.40. The van der Waals surface area contributed by atoms with Gasteiger partial charge in [0.05, 0.1) is 0 Å². The largest absolute Gasteiger partial charge is 0.508 e. The lowest BCUT2D eigenvalue weighted by molar-refractivity contribution is -0.135. The highest BCUT2D eigenvalue weighted by atomic mass is 19.4. The van der Waals surface area contributed by atoms with Gasteiger partial charge in [-0.05, 0) is 32.4 Å². The van der Waals surface area contributed by atoms with Crippen LogP contribution in [0, 0.1) is 0 Å². The Kier molecular flexibility index (Phi) is 5.47. The first-order valence-electron chi connectivity index (χ1n) is 5.98. The monoisotopic (exact) mass is 261 g/mol. The second kappa shape index (κ2) is 6.64. The fourth-order valence-electron chi connectivity index (χ4n) is 1.73. The molecule has 1 aromatic carbocycles. The molecule has 0 amide bonds. The summed E-state index contributed by atoms with van der Waals surface area (Å²) in [6.45, 7) is 2.38. The molecule has 18 heavy (non-hydrogen) atoms. The fraction of sp³-hybridized carbons (Fsp3) is 0.538. The van der Waals surface area contributed by atoms with Crippen molar-refractivity contribution in [1.82, 2.24) is 5.32 Å². The SMILES string of the molecule is CC(NCCCCC(F)(F)F)c1ccccc1O. The van der Waals surface area contributed by atoms with Crippen LogP contribution < -0.4 is 5.32 Å². The number of hydrogen-bond acceptors (Lipinski definition) is 2. The molecule has 0 radical (unpaired) electrons. The zero-order chi connectivity index (χ0) is 13.6. The molecule has 0 spiro atoms. The summed E-state index contributed by atoms with van der Waals surface area (Å²) in [6.07, 6.45) is -4.20. The van der Waals surface area contributed by atoms with E-state index in [1.54, 1.807) is 18.2 Å². The van der Waals surface area contributed by atoms with Gasteiger partial charge in [-0.25, -0.2) is 0 Å². The number of benzene rings is 1. The van der Waals surface area contributed by atoms with Crippen LogP contribution in [0.2, 0.25) is 0 Å². The average Bonchev–Trinajstić information content (AvgIpc) is 2.27. The first kappa shape index (κ1) is 14.8. The number of phenolic OH excluding ortho intramolecular Hbond substituents is 1. The van der Waals surface area contributed by atoms with Gasteiger partial charge in [0.25, 0.3) is 0 Å². The highest BCUT2D eigenvalue weighted by molar-refractivity contribution is 5.33. The van der Waals surface area contributed by atoms with E-state index in [0.717, 1.165) is 5.56 Å². The summed E-state index contributed by atoms with van der Waals surface area (Å²) in [5.41, 5.74) is 0.758. The van der Waals surface area contributed by atoms with E-state index < -0.39 is 12.6 Å². The van der Waals surface area contributed by atoms with Crippen LogP contribution in [0.4, 0.5) is 13.2 Å². The minimum atomic E-state index is -4.07. The van der Waals surface area contributed by atoms with Gasteiger partial charge in [-0.15, -0.1) is 0 Å². The quantitative estimate of drug-likeness (QED) is 0.764. The van der Waals surface area contributed by atoms with Crippen molar-refractivity contribution in [3.8, 4) is 5.75 Å². The highest BCUT2D eigenvalue weighted by Gasteiger charge is 2.25. The predicted molar refractivity (Wildman–Crippen MR) is 64.4 cm³/mol. The Balaban J connectivity index is 2.26. The van der Waals surface area contributed by atoms with Gasteiger partial charge in [-0.1, -0.05) is 18.2 Å². The number of aromatic hydroxyl groups is 1. The number of nitrogens with one attached hydrogen (secondary N) is 1. The van der Waals surface area contributed by atoms with Crippen molar-refractivity contribution in [2.75, 3.05) is 6.54 Å². The second-order valence-electron chi connectivity index (χ2n) is 4.31. The molecule has 1 atom stereocenters. The molecule has 0 aliphatic rings. The normalized spacial score (nSPS) is 13.6. The molecule has 0 saturated heterocycles. The van der Waals surface area contributed by atoms with Crippen molar-refractivity contribution in [3.05, 3.63) is 29.8 Å². The molecule has 2 N–H and O–H groups in total. The first-order valence-corrected chi connectivity index (χ1v) is 5.98. The number of phenols is 1. The fourth-order valence-corrected chi connectivity index (χ4v) is 1.73. The Hall–Kier alpha value is -1.23. The topological polar surface area (TPSA) is 32.3 Å². The third-order valence-corrected chi connectivity index (χ3v) is 2.74. The molecule has 0 aliphatic heterocycles. The number of rotatable bonds is 6. The van der Waals surface area contributed by atoms with Crippen molar-refractivity contribution in [1.29, 1.82) is 0 Å². The lowest BCUT2D eigenvalue weighted by Gasteiger charge is -2.15. The summed E-state index contributed by atoms with van der Waals surface area (Å²) in [5, 5.41) is 12.7. The molecule has 0 aliphatic carbocycles. The van der Waals surface area contributed by atoms with Gasteiger partial charge >= 0.3 is 6.18 Å². The minimum Gasteiger partial charge on any atom is -0.508 e. The molecule has 0 aromatic heterocycles. The smallest absolute Gasteiger partial charge is 0.389 e. The second-order valence-corrected chi connectivity index (χ2v) is 4.31. The zero-order valence-electron chi connectivity index (χ0n) is 10.3. The number of halogens is 3. The van der Waals surface area contributed by atoms with Gasteiger partial charge in [-0.2, -0.15) is 13.2 Å². The molecule has 2 nitrogen and oxygen atoms in total. The van der Waals surface area contributed by atoms with Gasteiger partial charge in [0, 0.05) is 18.0 Å². The molecule has 0 fully saturated rings. The van der Waals surface area contributed by atoms with Crippen LogP contribution in [0.5, 0.6) is 5.75 Å². The Morgan fingerprint density at radius 2 is 1.89 bits per heavy atom. The lowest BCUT2D eigenvalue weighted by Crippen LogP contribution is -2.20. The van der Waals surface area contributed by atoms with E-state index in [1.165, 1.54) is 0 Å². The third-order valence-electron chi connectivity index (χ3n) is 2.74. The third kappa shape index (κ3) is 5.40. The maximum atomic E-state index is 11.9. The van der Waals surface area contributed by atoms with Gasteiger partial charge < -0.3 is 10.4 Å². The highest BCUT2D eigenvalue weighted by Crippen LogP contribution is 2.24. The van der Waals surface area contributed by atoms with E-state index in [2.05, 4.69) is 5.32 Å². The molecule has 5 heteroatoms. The number of unbranched alkanes of at least 4 members (excludes halogenated alkanes) is 1. The van der Waals surface area contributed by atoms with Crippen molar-refractivity contribution in [3.63, 3.8) is 0 Å². The zero-order valence-corrected chi connectivity index (χ0v) is 10.3. The van der Waals surface area contributed by atoms with E-state index >= 15 is 0 Å². The molecule has 102 valence electrons. The minimum absolute atomic E-state index is 0.0721. The van der Waals surface area contributed by atoms with Crippen LogP contribution in [0.15, 0.2) is 24.3 Å². The van der Waals surface area contributed by atoms with Crippen LogP contribution in [0.3, 0.4) is 0 Å². The lowest BCUT2D eigenvalue weighted by atomic mass is 10.1. The molecule has 0 bridgehead atoms. The van der Waals surface area contributed by atoms with Crippen molar-refractivity contribution < 1.29 is 18.3 Å². The Morgan fingerprint density at radius 1 is 1.22 bits per heavy atom. The van der Waals surface area contributed by atoms with Crippen molar-refractivity contribution >= 4 is 0 Å². The standard InChI is InChI=1S/C13H18F3NO/c1-10(11-6-2-3-7-12(11)18)17-9-5-4-8-13(14,15)16/h2-3,6-7,10,17-18H,4-5,8-9H2,1H3. The van der Waals surface area contributed by atoms with Crippen LogP contribution in [-0.2, 0) is 0 Å². The molecular formula is C13H18F3NO. The van der Waals surface area contributed by atoms with E-state index in [0.29, 0.717) is 13.0 Å². The molecule has 1 rings (SSSR count). The van der Waals surface area contributed by atoms with Gasteiger partial charge in [0.15, 0.2) is 0 Å². The molecule has 0 heterocycles. The summed E-state index contributed by atoms with van der Waals surface area (Å²) >= 11 is 0. The van der Waals surface area contributed by atoms with Crippen LogP contribution in [0.25, 0.3) is 0 Å². The Bertz CT molecular complexity index is 365. The number of para-hydroxylation sites is 1. The summed E-state index contributed by atoms with van der Waals surface area (Å²) < 4.78 is 35.7. The summed E-state index contributed by atoms with van der Waals surface area (Å²) in [7, 11) is 0. The van der Waals surface area contributed by atoms with Gasteiger partial charge in [0.1, 0.15) is 5.75 Å². The van der Waals surface area contributed by atoms with Gasteiger partial charge in [0.2, 0.25) is 0 Å². The summed E-state index contributed by atoms with van der Waals surface area (Å²) in [5.74, 6) is 0.202. The van der Waals surface area contributed by atoms with Gasteiger partial charge in [-0.3, -0.25) is 0 Å². The Morgan fingerprint density at radius 3 is 2.50 bits per heavy atom. The molecule has 1 aromatic rings. The Labute approximate surface area is 105 Å². The van der Waals surface area contributed by atoms with E-state index in [9.17, 15) is 18.3 Å². The summed E-state index contributed by atoms with van der Waals surface area (Å²) in [6, 6.07) is 6.86. The average molecular weight is 261 g/mol. The molecule has 0 saturated carbocycles. The van der Waals surface area contributed by atoms with Crippen LogP contribution >= 0.6 is 0 Å². The van der Waals surface area contributed by atoms with Crippen LogP contribution in [-0.4, -0.2) is 17.8 Å². The number of hydrogen-bond donors (Lipinski definition) is 2. The van der Waals surface area contributed by atoms with E-state index in [4.69, 9.17) is 0 Å². The van der Waals surface area contributed by atoms with E-state index in [1.807, 2.05) is 13.0 Å². The molecule has 1 unspecified atom stereocenters. The maximum absolute atomic E-state index is 11.9. The van der Waals surface area contributed by atoms with E-state index in [-0.39, 0.29) is 18.2 Å². The van der Waals surface area contributed by atoms with Crippen LogP contribution in [0.1, 0.15) is 37.8 Å².